The molecule has 0 unspecified atom stereocenters. The zero-order valence-electron chi connectivity index (χ0n) is 9.85. The number of likely N-dealkylation sites (N-methyl/N-ethyl adjacent to an activating group) is 1. The van der Waals surface area contributed by atoms with Crippen LogP contribution in [0.15, 0.2) is 16.3 Å². The first-order valence-electron chi connectivity index (χ1n) is 4.93. The van der Waals surface area contributed by atoms with Crippen LogP contribution in [0, 0.1) is 0 Å². The molecule has 1 aromatic heterocycles. The molecule has 0 fully saturated rings. The maximum absolute atomic E-state index is 12.4. The summed E-state index contributed by atoms with van der Waals surface area (Å²) < 4.78 is 47.4. The van der Waals surface area contributed by atoms with E-state index in [4.69, 9.17) is 0 Å². The van der Waals surface area contributed by atoms with Crippen molar-refractivity contribution < 1.29 is 22.0 Å². The molecule has 1 aromatic rings. The molecule has 0 atom stereocenters. The second-order valence-corrected chi connectivity index (χ2v) is 6.08. The van der Waals surface area contributed by atoms with Crippen LogP contribution in [0.25, 0.3) is 0 Å². The van der Waals surface area contributed by atoms with Crippen molar-refractivity contribution in [1.29, 1.82) is 0 Å². The fraction of sp³-hybridized carbons (Fsp3) is 0.444. The van der Waals surface area contributed by atoms with Crippen LogP contribution in [0.5, 0.6) is 0 Å². The van der Waals surface area contributed by atoms with Crippen LogP contribution in [0.2, 0.25) is 0 Å². The molecule has 0 saturated heterocycles. The first-order chi connectivity index (χ1) is 8.41. The van der Waals surface area contributed by atoms with Gasteiger partial charge in [-0.15, -0.1) is 23.7 Å². The lowest BCUT2D eigenvalue weighted by molar-refractivity contribution is 0.0955. The highest BCUT2D eigenvalue weighted by molar-refractivity contribution is 7.92. The molecule has 0 radical (unpaired) electrons. The predicted octanol–water partition coefficient (Wildman–Crippen LogP) is 1.12. The summed E-state index contributed by atoms with van der Waals surface area (Å²) in [6, 6.07) is 1.01. The van der Waals surface area contributed by atoms with Crippen LogP contribution >= 0.6 is 23.7 Å². The summed E-state index contributed by atoms with van der Waals surface area (Å²) in [5.74, 6) is -4.20. The SMILES string of the molecule is CNCCNC(=O)c1sccc1S(=O)(=O)C(F)F.Cl. The minimum absolute atomic E-state index is 0. The molecule has 19 heavy (non-hydrogen) atoms. The van der Waals surface area contributed by atoms with Gasteiger partial charge in [-0.05, 0) is 18.5 Å². The molecule has 0 aromatic carbocycles. The van der Waals surface area contributed by atoms with Crippen LogP contribution in [0.1, 0.15) is 9.67 Å². The molecule has 110 valence electrons. The molecule has 0 aliphatic heterocycles. The van der Waals surface area contributed by atoms with Gasteiger partial charge in [0.05, 0.1) is 4.90 Å². The monoisotopic (exact) mass is 334 g/mol. The third-order valence-corrected chi connectivity index (χ3v) is 4.50. The number of hydrogen-bond donors (Lipinski definition) is 2. The third-order valence-electron chi connectivity index (χ3n) is 2.04. The normalized spacial score (nSPS) is 11.2. The number of carbonyl (C=O) groups excluding carboxylic acids is 1. The Morgan fingerprint density at radius 2 is 2.05 bits per heavy atom. The van der Waals surface area contributed by atoms with Gasteiger partial charge in [0.1, 0.15) is 4.88 Å². The van der Waals surface area contributed by atoms with Crippen molar-refractivity contribution in [2.75, 3.05) is 20.1 Å². The van der Waals surface area contributed by atoms with Gasteiger partial charge in [-0.25, -0.2) is 8.42 Å². The Labute approximate surface area is 119 Å². The lowest BCUT2D eigenvalue weighted by Gasteiger charge is -2.06. The van der Waals surface area contributed by atoms with Crippen molar-refractivity contribution in [3.63, 3.8) is 0 Å². The third kappa shape index (κ3) is 4.37. The van der Waals surface area contributed by atoms with E-state index >= 15 is 0 Å². The highest BCUT2D eigenvalue weighted by Crippen LogP contribution is 2.26. The molecule has 1 amide bonds. The maximum Gasteiger partial charge on any atom is 0.341 e. The summed E-state index contributed by atoms with van der Waals surface area (Å²) in [5.41, 5.74) is 0. The second kappa shape index (κ2) is 7.73. The first kappa shape index (κ1) is 18.2. The van der Waals surface area contributed by atoms with E-state index in [9.17, 15) is 22.0 Å². The Morgan fingerprint density at radius 1 is 1.42 bits per heavy atom. The Bertz CT molecular complexity index is 519. The Balaban J connectivity index is 0.00000324. The molecule has 0 saturated carbocycles. The van der Waals surface area contributed by atoms with E-state index in [0.29, 0.717) is 6.54 Å². The van der Waals surface area contributed by atoms with Crippen molar-refractivity contribution in [2.24, 2.45) is 0 Å². The van der Waals surface area contributed by atoms with Crippen LogP contribution in [-0.2, 0) is 9.84 Å². The average molecular weight is 335 g/mol. The van der Waals surface area contributed by atoms with E-state index in [-0.39, 0.29) is 23.8 Å². The summed E-state index contributed by atoms with van der Waals surface area (Å²) in [6.07, 6.45) is 0. The first-order valence-corrected chi connectivity index (χ1v) is 7.36. The molecule has 0 aliphatic rings. The van der Waals surface area contributed by atoms with Gasteiger partial charge in [-0.2, -0.15) is 8.78 Å². The van der Waals surface area contributed by atoms with Crippen LogP contribution in [-0.4, -0.2) is 40.2 Å². The Hall–Kier alpha value is -0.770. The highest BCUT2D eigenvalue weighted by Gasteiger charge is 2.31. The van der Waals surface area contributed by atoms with E-state index in [1.54, 1.807) is 7.05 Å². The number of thiophene rings is 1. The van der Waals surface area contributed by atoms with Gasteiger partial charge in [-0.1, -0.05) is 0 Å². The molecule has 0 aliphatic carbocycles. The zero-order valence-corrected chi connectivity index (χ0v) is 12.3. The second-order valence-electron chi connectivity index (χ2n) is 3.28. The van der Waals surface area contributed by atoms with E-state index in [1.807, 2.05) is 0 Å². The topological polar surface area (TPSA) is 75.3 Å². The molecule has 1 heterocycles. The lowest BCUT2D eigenvalue weighted by atomic mass is 10.4. The number of halogens is 3. The summed E-state index contributed by atoms with van der Waals surface area (Å²) >= 11 is 0.815. The van der Waals surface area contributed by atoms with Crippen molar-refractivity contribution in [3.8, 4) is 0 Å². The Morgan fingerprint density at radius 3 is 2.58 bits per heavy atom. The number of nitrogens with one attached hydrogen (secondary N) is 2. The fourth-order valence-corrected chi connectivity index (χ4v) is 3.25. The van der Waals surface area contributed by atoms with Crippen LogP contribution in [0.4, 0.5) is 8.78 Å². The minimum Gasteiger partial charge on any atom is -0.350 e. The van der Waals surface area contributed by atoms with Crippen molar-refractivity contribution in [3.05, 3.63) is 16.3 Å². The molecule has 1 rings (SSSR count). The largest absolute Gasteiger partial charge is 0.350 e. The van der Waals surface area contributed by atoms with Gasteiger partial charge in [0, 0.05) is 13.1 Å². The summed E-state index contributed by atoms with van der Waals surface area (Å²) in [5, 5.41) is 6.51. The van der Waals surface area contributed by atoms with Gasteiger partial charge >= 0.3 is 5.76 Å². The van der Waals surface area contributed by atoms with Crippen LogP contribution in [0.3, 0.4) is 0 Å². The fourth-order valence-electron chi connectivity index (χ4n) is 1.16. The molecule has 5 nitrogen and oxygen atoms in total. The molecular formula is C9H13ClF2N2O3S2. The molecule has 2 N–H and O–H groups in total. The number of rotatable bonds is 6. The van der Waals surface area contributed by atoms with Crippen molar-refractivity contribution >= 4 is 39.5 Å². The summed E-state index contributed by atoms with van der Waals surface area (Å²) in [4.78, 5) is 10.8. The van der Waals surface area contributed by atoms with Gasteiger partial charge in [0.25, 0.3) is 5.91 Å². The Kier molecular flexibility index (Phi) is 7.42. The smallest absolute Gasteiger partial charge is 0.341 e. The van der Waals surface area contributed by atoms with Gasteiger partial charge in [0.2, 0.25) is 9.84 Å². The van der Waals surface area contributed by atoms with Gasteiger partial charge < -0.3 is 10.6 Å². The standard InChI is InChI=1S/C9H12F2N2O3S2.ClH/c1-12-3-4-13-8(14)7-6(2-5-17-7)18(15,16)9(10)11;/h2,5,9,12H,3-4H2,1H3,(H,13,14);1H. The average Bonchev–Trinajstić information content (AvgIpc) is 2.78. The zero-order chi connectivity index (χ0) is 13.8. The molecular weight excluding hydrogens is 322 g/mol. The summed E-state index contributed by atoms with van der Waals surface area (Å²) in [7, 11) is -3.05. The highest BCUT2D eigenvalue weighted by atomic mass is 35.5. The summed E-state index contributed by atoms with van der Waals surface area (Å²) in [6.45, 7) is 0.773. The van der Waals surface area contributed by atoms with E-state index < -0.39 is 26.4 Å². The predicted molar refractivity (Wildman–Crippen MR) is 71.0 cm³/mol. The number of hydrogen-bond acceptors (Lipinski definition) is 5. The number of sulfone groups is 1. The van der Waals surface area contributed by atoms with Gasteiger partial charge in [0.15, 0.2) is 0 Å². The van der Waals surface area contributed by atoms with Crippen molar-refractivity contribution in [2.45, 2.75) is 10.7 Å². The van der Waals surface area contributed by atoms with Gasteiger partial charge in [-0.3, -0.25) is 4.79 Å². The van der Waals surface area contributed by atoms with Crippen molar-refractivity contribution in [1.82, 2.24) is 10.6 Å². The molecule has 0 bridgehead atoms. The number of carbonyl (C=O) groups is 1. The lowest BCUT2D eigenvalue weighted by Crippen LogP contribution is -2.30. The van der Waals surface area contributed by atoms with Crippen LogP contribution < -0.4 is 10.6 Å². The van der Waals surface area contributed by atoms with E-state index in [2.05, 4.69) is 10.6 Å². The molecule has 0 spiro atoms. The maximum atomic E-state index is 12.4. The number of amides is 1. The number of alkyl halides is 2. The molecule has 10 heteroatoms. The minimum atomic E-state index is -4.74. The van der Waals surface area contributed by atoms with E-state index in [1.165, 1.54) is 5.38 Å². The van der Waals surface area contributed by atoms with E-state index in [0.717, 1.165) is 17.4 Å². The quantitative estimate of drug-likeness (QED) is 0.764.